The van der Waals surface area contributed by atoms with Crippen LogP contribution in [0, 0.1) is 29.4 Å². The fourth-order valence-corrected chi connectivity index (χ4v) is 9.10. The van der Waals surface area contributed by atoms with Gasteiger partial charge in [-0.25, -0.2) is 34.9 Å². The second-order valence-corrected chi connectivity index (χ2v) is 21.9. The molecule has 2 aliphatic rings. The molecule has 1 saturated carbocycles. The number of carbonyl (C=O) groups excluding carboxylic acids is 2. The molecule has 0 saturated heterocycles. The van der Waals surface area contributed by atoms with E-state index in [9.17, 15) is 61.5 Å². The Morgan fingerprint density at radius 1 is 0.986 bits per heavy atom. The number of halogens is 11. The Hall–Kier alpha value is -5.98. The maximum absolute atomic E-state index is 15.6. The number of amides is 1. The van der Waals surface area contributed by atoms with Crippen LogP contribution in [0.5, 0.6) is 0 Å². The number of nitrogens with two attached hydrogens (primary N) is 1. The highest BCUT2D eigenvalue weighted by Gasteiger charge is 2.68. The molecule has 0 bridgehead atoms. The van der Waals surface area contributed by atoms with Crippen LogP contribution in [0.2, 0.25) is 5.02 Å². The lowest BCUT2D eigenvalue weighted by Crippen LogP contribution is -2.35. The quantitative estimate of drug-likeness (QED) is 0.0531. The topological polar surface area (TPSA) is 201 Å². The van der Waals surface area contributed by atoms with Crippen LogP contribution in [0.4, 0.5) is 49.7 Å². The van der Waals surface area contributed by atoms with Crippen LogP contribution in [0.1, 0.15) is 66.1 Å². The van der Waals surface area contributed by atoms with Crippen LogP contribution >= 0.6 is 11.6 Å². The molecule has 0 spiro atoms. The third-order valence-corrected chi connectivity index (χ3v) is 14.8. The number of alkyl halides is 8. The van der Waals surface area contributed by atoms with Crippen molar-refractivity contribution in [2.75, 3.05) is 30.1 Å². The van der Waals surface area contributed by atoms with Gasteiger partial charge in [-0.15, -0.1) is 0 Å². The summed E-state index contributed by atoms with van der Waals surface area (Å²) in [6, 6.07) is 4.88. The number of anilines is 1. The molecule has 0 unspecified atom stereocenters. The van der Waals surface area contributed by atoms with Crippen molar-refractivity contribution < 1.29 is 75.1 Å². The number of rotatable bonds is 14. The SMILES string of the molecule is CC(C)(C#Cc1ccc(-c2ccc(Cl)c3c(N(COC(=O)CN)S(C)(=O)=O)nn(CC(F)(F)F)c23)c([C@H](Cc2cc(F)cc(F)c2)NC(=O)Cn2nc(C(F)(F)F)c3c2C(F)(F)[C@@H]2C[C@H]32)n1)S(C)(=O)=O. The highest BCUT2D eigenvalue weighted by Crippen LogP contribution is 2.68. The summed E-state index contributed by atoms with van der Waals surface area (Å²) in [6.45, 7) is -2.65. The Labute approximate surface area is 396 Å². The fourth-order valence-electron chi connectivity index (χ4n) is 7.94. The maximum atomic E-state index is 15.6. The molecule has 376 valence electrons. The summed E-state index contributed by atoms with van der Waals surface area (Å²) >= 11 is 6.60. The summed E-state index contributed by atoms with van der Waals surface area (Å²) in [6.07, 6.45) is -9.79. The highest BCUT2D eigenvalue weighted by molar-refractivity contribution is 7.92. The number of benzene rings is 2. The number of ether oxygens (including phenoxy) is 1. The van der Waals surface area contributed by atoms with Crippen molar-refractivity contribution in [3.63, 3.8) is 0 Å². The zero-order valence-electron chi connectivity index (χ0n) is 36.6. The second kappa shape index (κ2) is 18.0. The summed E-state index contributed by atoms with van der Waals surface area (Å²) in [5, 5.41) is 8.83. The number of esters is 1. The lowest BCUT2D eigenvalue weighted by Gasteiger charge is -2.23. The molecule has 70 heavy (non-hydrogen) atoms. The molecule has 1 fully saturated rings. The number of fused-ring (bicyclic) bond motifs is 4. The Kier molecular flexibility index (Phi) is 13.3. The summed E-state index contributed by atoms with van der Waals surface area (Å²) in [7, 11) is -8.49. The van der Waals surface area contributed by atoms with E-state index in [-0.39, 0.29) is 33.5 Å². The van der Waals surface area contributed by atoms with E-state index < -0.39 is 161 Å². The van der Waals surface area contributed by atoms with Crippen molar-refractivity contribution in [3.8, 4) is 23.0 Å². The van der Waals surface area contributed by atoms with Crippen LogP contribution in [0.3, 0.4) is 0 Å². The molecule has 3 N–H and O–H groups in total. The molecular weight excluding hydrogens is 1020 g/mol. The molecule has 0 radical (unpaired) electrons. The Morgan fingerprint density at radius 2 is 1.63 bits per heavy atom. The lowest BCUT2D eigenvalue weighted by atomic mass is 9.93. The second-order valence-electron chi connectivity index (χ2n) is 17.0. The first kappa shape index (κ1) is 51.9. The first-order chi connectivity index (χ1) is 32.2. The van der Waals surface area contributed by atoms with E-state index in [0.717, 1.165) is 36.6 Å². The minimum atomic E-state index is -5.22. The van der Waals surface area contributed by atoms with Crippen LogP contribution < -0.4 is 15.4 Å². The Bertz CT molecular complexity index is 3240. The van der Waals surface area contributed by atoms with Crippen molar-refractivity contribution in [2.24, 2.45) is 11.7 Å². The number of aromatic nitrogens is 5. The van der Waals surface area contributed by atoms with Gasteiger partial charge in [0.05, 0.1) is 40.5 Å². The average molecular weight is 1060 g/mol. The van der Waals surface area contributed by atoms with Gasteiger partial charge in [0.1, 0.15) is 40.9 Å². The summed E-state index contributed by atoms with van der Waals surface area (Å²) in [4.78, 5) is 30.7. The van der Waals surface area contributed by atoms with Gasteiger partial charge in [-0.3, -0.25) is 19.0 Å². The standard InChI is InChI=1S/C42H37ClF10N8O7S2/c1-39(2,69(3,64)65)10-9-23-5-6-24(25-7-8-28(43)33-35(25)60(18-40(46,47)48)58-38(33)61(70(4,66)67)19-68-31(63)16-54)34(55-23)29(13-20-11-21(44)14-22(45)12-20)56-30(62)17-59-37-32(36(57-59)42(51,52)53)26-15-27(26)41(37,49)50/h5-8,11-12,14,26-27,29H,13,15-19,54H2,1-4H3,(H,56,62)/t26-,27+,29-/m0/s1. The van der Waals surface area contributed by atoms with E-state index >= 15 is 8.78 Å². The van der Waals surface area contributed by atoms with Crippen LogP contribution in [-0.2, 0) is 65.8 Å². The van der Waals surface area contributed by atoms with E-state index in [2.05, 4.69) is 32.3 Å². The van der Waals surface area contributed by atoms with Gasteiger partial charge < -0.3 is 15.8 Å². The summed E-state index contributed by atoms with van der Waals surface area (Å²) < 4.78 is 202. The number of carbonyl (C=O) groups is 2. The predicted molar refractivity (Wildman–Crippen MR) is 230 cm³/mol. The number of nitrogens with one attached hydrogen (secondary N) is 1. The number of nitrogens with zero attached hydrogens (tertiary/aromatic N) is 6. The van der Waals surface area contributed by atoms with Gasteiger partial charge in [-0.2, -0.15) is 45.3 Å². The number of hydrogen-bond donors (Lipinski definition) is 2. The van der Waals surface area contributed by atoms with E-state index in [1.165, 1.54) is 19.9 Å². The van der Waals surface area contributed by atoms with E-state index in [1.807, 2.05) is 0 Å². The molecule has 0 aliphatic heterocycles. The predicted octanol–water partition coefficient (Wildman–Crippen LogP) is 6.52. The molecule has 3 atom stereocenters. The van der Waals surface area contributed by atoms with Crippen LogP contribution in [-0.4, -0.2) is 90.0 Å². The molecule has 3 aromatic heterocycles. The smallest absolute Gasteiger partial charge is 0.435 e. The Balaban J connectivity index is 1.48. The van der Waals surface area contributed by atoms with Crippen LogP contribution in [0.25, 0.3) is 22.0 Å². The molecule has 15 nitrogen and oxygen atoms in total. The third-order valence-electron chi connectivity index (χ3n) is 11.5. The number of pyridine rings is 1. The van der Waals surface area contributed by atoms with Gasteiger partial charge in [0.2, 0.25) is 15.9 Å². The van der Waals surface area contributed by atoms with Crippen molar-refractivity contribution in [3.05, 3.63) is 93.0 Å². The average Bonchev–Trinajstić information content (AvgIpc) is 3.73. The summed E-state index contributed by atoms with van der Waals surface area (Å²) in [5.74, 6) is -6.95. The minimum absolute atomic E-state index is 0.195. The molecular formula is C42H37ClF10N8O7S2. The normalized spacial score (nSPS) is 17.1. The fraction of sp³-hybridized carbons (Fsp3) is 0.405. The first-order valence-electron chi connectivity index (χ1n) is 20.4. The molecule has 7 rings (SSSR count). The van der Waals surface area contributed by atoms with Gasteiger partial charge in [0.15, 0.2) is 28.1 Å². The molecule has 2 aliphatic carbocycles. The number of sulfone groups is 1. The Morgan fingerprint density at radius 3 is 2.21 bits per heavy atom. The molecule has 2 aromatic carbocycles. The highest BCUT2D eigenvalue weighted by atomic mass is 35.5. The lowest BCUT2D eigenvalue weighted by molar-refractivity contribution is -0.143. The van der Waals surface area contributed by atoms with E-state index in [0.29, 0.717) is 21.3 Å². The van der Waals surface area contributed by atoms with Crippen LogP contribution in [0.15, 0.2) is 42.5 Å². The van der Waals surface area contributed by atoms with Crippen molar-refractivity contribution in [1.29, 1.82) is 0 Å². The zero-order chi connectivity index (χ0) is 51.8. The van der Waals surface area contributed by atoms with Crippen molar-refractivity contribution in [2.45, 2.75) is 74.8 Å². The largest absolute Gasteiger partial charge is 0.442 e. The minimum Gasteiger partial charge on any atom is -0.442 e. The van der Waals surface area contributed by atoms with Gasteiger partial charge >= 0.3 is 18.3 Å². The zero-order valence-corrected chi connectivity index (χ0v) is 39.0. The molecule has 1 amide bonds. The van der Waals surface area contributed by atoms with Gasteiger partial charge in [-0.05, 0) is 74.4 Å². The van der Waals surface area contributed by atoms with Gasteiger partial charge in [-0.1, -0.05) is 23.6 Å². The van der Waals surface area contributed by atoms with E-state index in [4.69, 9.17) is 22.1 Å². The third kappa shape index (κ3) is 10.4. The molecule has 5 aromatic rings. The first-order valence-corrected chi connectivity index (χ1v) is 24.5. The van der Waals surface area contributed by atoms with Crippen molar-refractivity contribution >= 4 is 60.1 Å². The molecule has 28 heteroatoms. The number of sulfonamides is 1. The van der Waals surface area contributed by atoms with E-state index in [1.54, 1.807) is 0 Å². The maximum Gasteiger partial charge on any atom is 0.435 e. The monoisotopic (exact) mass is 1050 g/mol. The van der Waals surface area contributed by atoms with Gasteiger partial charge in [0.25, 0.3) is 5.92 Å². The van der Waals surface area contributed by atoms with Crippen molar-refractivity contribution in [1.82, 2.24) is 29.9 Å². The van der Waals surface area contributed by atoms with Gasteiger partial charge in [0, 0.05) is 34.9 Å². The number of hydrogen-bond acceptors (Lipinski definition) is 11. The summed E-state index contributed by atoms with van der Waals surface area (Å²) in [5.41, 5.74) is -0.428. The molecule has 3 heterocycles.